The van der Waals surface area contributed by atoms with Gasteiger partial charge in [0.15, 0.2) is 5.78 Å². The van der Waals surface area contributed by atoms with E-state index in [2.05, 4.69) is 6.58 Å². The quantitative estimate of drug-likeness (QED) is 0.603. The standard InChI is InChI=1S/C15H18O3/c1-4-5-8-17-11-6-7-12-13(16)10-15(2,3)18-14(12)9-11/h4,6-7,9H,1,5,8,10H2,2-3H3. The molecular weight excluding hydrogens is 228 g/mol. The summed E-state index contributed by atoms with van der Waals surface area (Å²) in [6.07, 6.45) is 3.01. The fourth-order valence-corrected chi connectivity index (χ4v) is 1.98. The number of ether oxygens (including phenoxy) is 2. The van der Waals surface area contributed by atoms with Crippen molar-refractivity contribution in [1.29, 1.82) is 0 Å². The average molecular weight is 246 g/mol. The van der Waals surface area contributed by atoms with Crippen molar-refractivity contribution in [3.63, 3.8) is 0 Å². The van der Waals surface area contributed by atoms with Gasteiger partial charge in [-0.05, 0) is 32.4 Å². The minimum atomic E-state index is -0.441. The zero-order valence-corrected chi connectivity index (χ0v) is 10.9. The van der Waals surface area contributed by atoms with Gasteiger partial charge >= 0.3 is 0 Å². The first kappa shape index (κ1) is 12.7. The first-order valence-electron chi connectivity index (χ1n) is 6.12. The molecule has 0 spiro atoms. The SMILES string of the molecule is C=CCCOc1ccc2c(c1)OC(C)(C)CC2=O. The predicted octanol–water partition coefficient (Wildman–Crippen LogP) is 3.39. The Labute approximate surface area is 107 Å². The van der Waals surface area contributed by atoms with Crippen LogP contribution in [-0.2, 0) is 0 Å². The van der Waals surface area contributed by atoms with Crippen molar-refractivity contribution in [2.24, 2.45) is 0 Å². The van der Waals surface area contributed by atoms with Gasteiger partial charge in [-0.2, -0.15) is 0 Å². The van der Waals surface area contributed by atoms with Crippen LogP contribution in [-0.4, -0.2) is 18.0 Å². The van der Waals surface area contributed by atoms with E-state index in [0.29, 0.717) is 24.3 Å². The van der Waals surface area contributed by atoms with E-state index in [0.717, 1.165) is 12.2 Å². The number of benzene rings is 1. The topological polar surface area (TPSA) is 35.5 Å². The van der Waals surface area contributed by atoms with E-state index in [4.69, 9.17) is 9.47 Å². The van der Waals surface area contributed by atoms with Gasteiger partial charge in [-0.3, -0.25) is 4.79 Å². The molecule has 0 atom stereocenters. The summed E-state index contributed by atoms with van der Waals surface area (Å²) < 4.78 is 11.4. The smallest absolute Gasteiger partial charge is 0.170 e. The van der Waals surface area contributed by atoms with E-state index >= 15 is 0 Å². The highest BCUT2D eigenvalue weighted by Crippen LogP contribution is 2.35. The Morgan fingerprint density at radius 1 is 1.50 bits per heavy atom. The minimum Gasteiger partial charge on any atom is -0.493 e. The van der Waals surface area contributed by atoms with Gasteiger partial charge < -0.3 is 9.47 Å². The second kappa shape index (κ2) is 4.84. The third-order valence-electron chi connectivity index (χ3n) is 2.82. The molecular formula is C15H18O3. The fourth-order valence-electron chi connectivity index (χ4n) is 1.98. The van der Waals surface area contributed by atoms with Crippen LogP contribution in [0.2, 0.25) is 0 Å². The van der Waals surface area contributed by atoms with Gasteiger partial charge in [0.2, 0.25) is 0 Å². The van der Waals surface area contributed by atoms with Crippen molar-refractivity contribution in [2.75, 3.05) is 6.61 Å². The predicted molar refractivity (Wildman–Crippen MR) is 70.4 cm³/mol. The van der Waals surface area contributed by atoms with Gasteiger partial charge in [-0.25, -0.2) is 0 Å². The van der Waals surface area contributed by atoms with Gasteiger partial charge in [-0.1, -0.05) is 6.08 Å². The lowest BCUT2D eigenvalue weighted by molar-refractivity contribution is 0.0618. The highest BCUT2D eigenvalue weighted by atomic mass is 16.5. The van der Waals surface area contributed by atoms with Crippen molar-refractivity contribution in [1.82, 2.24) is 0 Å². The maximum Gasteiger partial charge on any atom is 0.170 e. The maximum absolute atomic E-state index is 11.9. The van der Waals surface area contributed by atoms with Crippen molar-refractivity contribution in [3.05, 3.63) is 36.4 Å². The van der Waals surface area contributed by atoms with Crippen LogP contribution in [0.3, 0.4) is 0 Å². The highest BCUT2D eigenvalue weighted by Gasteiger charge is 2.32. The molecule has 0 radical (unpaired) electrons. The lowest BCUT2D eigenvalue weighted by Crippen LogP contribution is -2.35. The molecule has 0 aliphatic carbocycles. The Bertz CT molecular complexity index is 475. The van der Waals surface area contributed by atoms with Gasteiger partial charge in [0, 0.05) is 6.07 Å². The average Bonchev–Trinajstić information content (AvgIpc) is 2.27. The monoisotopic (exact) mass is 246 g/mol. The second-order valence-corrected chi connectivity index (χ2v) is 5.05. The van der Waals surface area contributed by atoms with E-state index in [9.17, 15) is 4.79 Å². The largest absolute Gasteiger partial charge is 0.493 e. The van der Waals surface area contributed by atoms with Gasteiger partial charge in [-0.15, -0.1) is 6.58 Å². The highest BCUT2D eigenvalue weighted by molar-refractivity contribution is 6.00. The van der Waals surface area contributed by atoms with Crippen LogP contribution in [0, 0.1) is 0 Å². The van der Waals surface area contributed by atoms with E-state index in [1.54, 1.807) is 12.1 Å². The number of carbonyl (C=O) groups excluding carboxylic acids is 1. The molecule has 0 bridgehead atoms. The molecule has 1 heterocycles. The summed E-state index contributed by atoms with van der Waals surface area (Å²) in [7, 11) is 0. The third-order valence-corrected chi connectivity index (χ3v) is 2.82. The first-order chi connectivity index (χ1) is 8.52. The second-order valence-electron chi connectivity index (χ2n) is 5.05. The molecule has 1 aromatic rings. The Morgan fingerprint density at radius 3 is 3.00 bits per heavy atom. The number of carbonyl (C=O) groups is 1. The lowest BCUT2D eigenvalue weighted by atomic mass is 9.93. The summed E-state index contributed by atoms with van der Waals surface area (Å²) >= 11 is 0. The molecule has 3 nitrogen and oxygen atoms in total. The van der Waals surface area contributed by atoms with E-state index < -0.39 is 5.60 Å². The molecule has 0 amide bonds. The number of ketones is 1. The van der Waals surface area contributed by atoms with Crippen LogP contribution in [0.25, 0.3) is 0 Å². The van der Waals surface area contributed by atoms with Gasteiger partial charge in [0.1, 0.15) is 17.1 Å². The molecule has 0 saturated carbocycles. The van der Waals surface area contributed by atoms with E-state index in [-0.39, 0.29) is 5.78 Å². The van der Waals surface area contributed by atoms with E-state index in [1.807, 2.05) is 26.0 Å². The Kier molecular flexibility index (Phi) is 3.41. The molecule has 2 rings (SSSR count). The molecule has 0 unspecified atom stereocenters. The Hall–Kier alpha value is -1.77. The molecule has 96 valence electrons. The van der Waals surface area contributed by atoms with Gasteiger partial charge in [0.05, 0.1) is 18.6 Å². The molecule has 0 N–H and O–H groups in total. The summed E-state index contributed by atoms with van der Waals surface area (Å²) in [5, 5.41) is 0. The normalized spacial score (nSPS) is 16.7. The maximum atomic E-state index is 11.9. The van der Waals surface area contributed by atoms with Crippen molar-refractivity contribution in [3.8, 4) is 11.5 Å². The zero-order valence-electron chi connectivity index (χ0n) is 10.9. The molecule has 0 saturated heterocycles. The minimum absolute atomic E-state index is 0.124. The molecule has 18 heavy (non-hydrogen) atoms. The molecule has 0 aromatic heterocycles. The van der Waals surface area contributed by atoms with Crippen LogP contribution in [0.4, 0.5) is 0 Å². The summed E-state index contributed by atoms with van der Waals surface area (Å²) in [5.74, 6) is 1.47. The number of hydrogen-bond acceptors (Lipinski definition) is 3. The van der Waals surface area contributed by atoms with Crippen LogP contribution < -0.4 is 9.47 Å². The number of rotatable bonds is 4. The van der Waals surface area contributed by atoms with Crippen molar-refractivity contribution < 1.29 is 14.3 Å². The molecule has 3 heteroatoms. The molecule has 1 aliphatic heterocycles. The zero-order chi connectivity index (χ0) is 13.2. The first-order valence-corrected chi connectivity index (χ1v) is 6.12. The Morgan fingerprint density at radius 2 is 2.28 bits per heavy atom. The van der Waals surface area contributed by atoms with Gasteiger partial charge in [0.25, 0.3) is 0 Å². The summed E-state index contributed by atoms with van der Waals surface area (Å²) in [6.45, 7) is 8.06. The number of Topliss-reactive ketones (excluding diaryl/α,β-unsaturated/α-hetero) is 1. The number of fused-ring (bicyclic) bond motifs is 1. The molecule has 0 fully saturated rings. The van der Waals surface area contributed by atoms with E-state index in [1.165, 1.54) is 0 Å². The molecule has 1 aromatic carbocycles. The summed E-state index contributed by atoms with van der Waals surface area (Å²) in [4.78, 5) is 11.9. The fraction of sp³-hybridized carbons (Fsp3) is 0.400. The molecule has 1 aliphatic rings. The van der Waals surface area contributed by atoms with Crippen LogP contribution in [0.1, 0.15) is 37.0 Å². The third kappa shape index (κ3) is 2.73. The van der Waals surface area contributed by atoms with Crippen molar-refractivity contribution in [2.45, 2.75) is 32.3 Å². The number of hydrogen-bond donors (Lipinski definition) is 0. The van der Waals surface area contributed by atoms with Crippen LogP contribution in [0.15, 0.2) is 30.9 Å². The Balaban J connectivity index is 2.20. The van der Waals surface area contributed by atoms with Crippen molar-refractivity contribution >= 4 is 5.78 Å². The van der Waals surface area contributed by atoms with Crippen LogP contribution in [0.5, 0.6) is 11.5 Å². The summed E-state index contributed by atoms with van der Waals surface area (Å²) in [5.41, 5.74) is 0.203. The van der Waals surface area contributed by atoms with Crippen LogP contribution >= 0.6 is 0 Å². The lowest BCUT2D eigenvalue weighted by Gasteiger charge is -2.31. The summed E-state index contributed by atoms with van der Waals surface area (Å²) in [6, 6.07) is 5.37.